The fourth-order valence-corrected chi connectivity index (χ4v) is 2.94. The summed E-state index contributed by atoms with van der Waals surface area (Å²) >= 11 is 0. The summed E-state index contributed by atoms with van der Waals surface area (Å²) in [7, 11) is 2.16. The maximum atomic E-state index is 5.23. The van der Waals surface area contributed by atoms with Crippen molar-refractivity contribution in [1.82, 2.24) is 19.8 Å². The van der Waals surface area contributed by atoms with Crippen molar-refractivity contribution in [2.75, 3.05) is 13.6 Å². The highest BCUT2D eigenvalue weighted by Crippen LogP contribution is 2.19. The van der Waals surface area contributed by atoms with E-state index in [2.05, 4.69) is 54.6 Å². The summed E-state index contributed by atoms with van der Waals surface area (Å²) in [5.41, 5.74) is 5.99. The quantitative estimate of drug-likeness (QED) is 0.821. The van der Waals surface area contributed by atoms with Gasteiger partial charge in [0.15, 0.2) is 0 Å². The lowest BCUT2D eigenvalue weighted by Gasteiger charge is -2.17. The van der Waals surface area contributed by atoms with Crippen molar-refractivity contribution in [3.05, 3.63) is 34.0 Å². The van der Waals surface area contributed by atoms with Crippen LogP contribution in [0.3, 0.4) is 0 Å². The molecule has 5 nitrogen and oxygen atoms in total. The molecule has 0 saturated carbocycles. The number of rotatable bonds is 6. The molecule has 2 aromatic rings. The van der Waals surface area contributed by atoms with E-state index in [1.165, 1.54) is 16.8 Å². The minimum absolute atomic E-state index is 0.403. The molecule has 5 heteroatoms. The van der Waals surface area contributed by atoms with E-state index in [0.29, 0.717) is 6.04 Å². The van der Waals surface area contributed by atoms with Gasteiger partial charge in [-0.1, -0.05) is 5.16 Å². The van der Waals surface area contributed by atoms with Gasteiger partial charge in [0, 0.05) is 36.0 Å². The van der Waals surface area contributed by atoms with Gasteiger partial charge < -0.3 is 9.42 Å². The minimum atomic E-state index is 0.403. The van der Waals surface area contributed by atoms with Crippen LogP contribution >= 0.6 is 0 Å². The molecule has 0 aromatic carbocycles. The van der Waals surface area contributed by atoms with Crippen molar-refractivity contribution in [3.8, 4) is 0 Å². The lowest BCUT2D eigenvalue weighted by molar-refractivity contribution is 0.328. The first-order valence-electron chi connectivity index (χ1n) is 7.96. The van der Waals surface area contributed by atoms with Gasteiger partial charge in [-0.2, -0.15) is 5.10 Å². The van der Waals surface area contributed by atoms with Crippen molar-refractivity contribution in [2.24, 2.45) is 0 Å². The third kappa shape index (κ3) is 3.40. The van der Waals surface area contributed by atoms with Crippen LogP contribution in [0, 0.1) is 27.7 Å². The summed E-state index contributed by atoms with van der Waals surface area (Å²) in [5.74, 6) is 0.936. The molecule has 0 aliphatic carbocycles. The molecule has 0 fully saturated rings. The van der Waals surface area contributed by atoms with Gasteiger partial charge >= 0.3 is 0 Å². The van der Waals surface area contributed by atoms with E-state index in [4.69, 9.17) is 4.52 Å². The average molecular weight is 304 g/mol. The molecule has 0 bridgehead atoms. The van der Waals surface area contributed by atoms with Gasteiger partial charge in [-0.3, -0.25) is 4.68 Å². The third-order valence-corrected chi connectivity index (χ3v) is 4.32. The van der Waals surface area contributed by atoms with Gasteiger partial charge in [0.1, 0.15) is 5.76 Å². The Balaban J connectivity index is 2.02. The number of hydrogen-bond donors (Lipinski definition) is 0. The summed E-state index contributed by atoms with van der Waals surface area (Å²) in [5, 5.41) is 8.69. The van der Waals surface area contributed by atoms with Crippen LogP contribution in [0.5, 0.6) is 0 Å². The highest BCUT2D eigenvalue weighted by molar-refractivity contribution is 5.25. The van der Waals surface area contributed by atoms with Crippen molar-refractivity contribution >= 4 is 0 Å². The molecule has 0 amide bonds. The molecule has 122 valence electrons. The summed E-state index contributed by atoms with van der Waals surface area (Å²) in [6.45, 7) is 14.5. The Labute approximate surface area is 133 Å². The van der Waals surface area contributed by atoms with Crippen LogP contribution in [0.1, 0.15) is 53.9 Å². The first kappa shape index (κ1) is 16.7. The Morgan fingerprint density at radius 3 is 2.27 bits per heavy atom. The second-order valence-electron chi connectivity index (χ2n) is 6.48. The normalized spacial score (nSPS) is 11.9. The van der Waals surface area contributed by atoms with Crippen LogP contribution < -0.4 is 0 Å². The lowest BCUT2D eigenvalue weighted by atomic mass is 10.1. The van der Waals surface area contributed by atoms with Crippen molar-refractivity contribution in [3.63, 3.8) is 0 Å². The second-order valence-corrected chi connectivity index (χ2v) is 6.48. The van der Waals surface area contributed by atoms with E-state index >= 15 is 0 Å². The fraction of sp³-hybridized carbons (Fsp3) is 0.647. The summed E-state index contributed by atoms with van der Waals surface area (Å²) in [6, 6.07) is 0.403. The van der Waals surface area contributed by atoms with Gasteiger partial charge in [0.2, 0.25) is 0 Å². The van der Waals surface area contributed by atoms with Crippen LogP contribution in [0.4, 0.5) is 0 Å². The molecule has 0 atom stereocenters. The minimum Gasteiger partial charge on any atom is -0.361 e. The highest BCUT2D eigenvalue weighted by atomic mass is 16.5. The standard InChI is InChI=1S/C17H28N4O/c1-11(2)21-14(5)17(12(3)18-21)10-20(7)9-8-16-13(4)19-22-15(16)6/h11H,8-10H2,1-7H3. The molecular formula is C17H28N4O. The fourth-order valence-electron chi connectivity index (χ4n) is 2.94. The number of aromatic nitrogens is 3. The number of likely N-dealkylation sites (N-methyl/N-ethyl adjacent to an activating group) is 1. The van der Waals surface area contributed by atoms with E-state index in [9.17, 15) is 0 Å². The van der Waals surface area contributed by atoms with Gasteiger partial charge in [0.25, 0.3) is 0 Å². The predicted octanol–water partition coefficient (Wildman–Crippen LogP) is 3.36. The first-order valence-corrected chi connectivity index (χ1v) is 7.96. The molecule has 0 unspecified atom stereocenters. The van der Waals surface area contributed by atoms with E-state index in [0.717, 1.165) is 36.7 Å². The van der Waals surface area contributed by atoms with Gasteiger partial charge in [-0.15, -0.1) is 0 Å². The van der Waals surface area contributed by atoms with E-state index in [1.807, 2.05) is 13.8 Å². The Morgan fingerprint density at radius 1 is 1.09 bits per heavy atom. The van der Waals surface area contributed by atoms with E-state index in [1.54, 1.807) is 0 Å². The van der Waals surface area contributed by atoms with Crippen LogP contribution in [0.2, 0.25) is 0 Å². The summed E-state index contributed by atoms with van der Waals surface area (Å²) in [6.07, 6.45) is 0.966. The number of hydrogen-bond acceptors (Lipinski definition) is 4. The van der Waals surface area contributed by atoms with Gasteiger partial charge in [0.05, 0.1) is 11.4 Å². The lowest BCUT2D eigenvalue weighted by Crippen LogP contribution is -2.22. The van der Waals surface area contributed by atoms with Gasteiger partial charge in [-0.05, 0) is 55.0 Å². The number of aryl methyl sites for hydroxylation is 3. The smallest absolute Gasteiger partial charge is 0.137 e. The number of nitrogens with zero attached hydrogens (tertiary/aromatic N) is 4. The van der Waals surface area contributed by atoms with Crippen LogP contribution in [0.25, 0.3) is 0 Å². The summed E-state index contributed by atoms with van der Waals surface area (Å²) in [4.78, 5) is 2.34. The predicted molar refractivity (Wildman–Crippen MR) is 88.1 cm³/mol. The average Bonchev–Trinajstić information content (AvgIpc) is 2.91. The zero-order valence-electron chi connectivity index (χ0n) is 14.9. The zero-order chi connectivity index (χ0) is 16.4. The summed E-state index contributed by atoms with van der Waals surface area (Å²) < 4.78 is 7.35. The van der Waals surface area contributed by atoms with E-state index < -0.39 is 0 Å². The third-order valence-electron chi connectivity index (χ3n) is 4.32. The second kappa shape index (κ2) is 6.65. The molecule has 2 heterocycles. The molecule has 0 saturated heterocycles. The maximum Gasteiger partial charge on any atom is 0.137 e. The van der Waals surface area contributed by atoms with Crippen LogP contribution in [-0.4, -0.2) is 33.4 Å². The Hall–Kier alpha value is -1.62. The highest BCUT2D eigenvalue weighted by Gasteiger charge is 2.16. The first-order chi connectivity index (χ1) is 10.3. The molecule has 2 aromatic heterocycles. The topological polar surface area (TPSA) is 47.1 Å². The maximum absolute atomic E-state index is 5.23. The van der Waals surface area contributed by atoms with Crippen molar-refractivity contribution in [1.29, 1.82) is 0 Å². The molecule has 0 aliphatic heterocycles. The van der Waals surface area contributed by atoms with Gasteiger partial charge in [-0.25, -0.2) is 0 Å². The van der Waals surface area contributed by atoms with Crippen molar-refractivity contribution < 1.29 is 4.52 Å². The SMILES string of the molecule is Cc1noc(C)c1CCN(C)Cc1c(C)nn(C(C)C)c1C. The van der Waals surface area contributed by atoms with Crippen LogP contribution in [0.15, 0.2) is 4.52 Å². The zero-order valence-corrected chi connectivity index (χ0v) is 14.9. The molecule has 0 spiro atoms. The Morgan fingerprint density at radius 2 is 1.77 bits per heavy atom. The Kier molecular flexibility index (Phi) is 5.06. The monoisotopic (exact) mass is 304 g/mol. The Bertz CT molecular complexity index is 620. The molecule has 22 heavy (non-hydrogen) atoms. The molecular weight excluding hydrogens is 276 g/mol. The molecule has 0 aliphatic rings. The van der Waals surface area contributed by atoms with Crippen LogP contribution in [-0.2, 0) is 13.0 Å². The van der Waals surface area contributed by atoms with E-state index in [-0.39, 0.29) is 0 Å². The molecule has 0 radical (unpaired) electrons. The molecule has 0 N–H and O–H groups in total. The largest absolute Gasteiger partial charge is 0.361 e. The molecule has 2 rings (SSSR count). The van der Waals surface area contributed by atoms with Crippen molar-refractivity contribution in [2.45, 2.75) is 60.5 Å².